The van der Waals surface area contributed by atoms with E-state index in [0.717, 1.165) is 20.3 Å². The molecule has 4 rings (SSSR count). The highest BCUT2D eigenvalue weighted by molar-refractivity contribution is 9.10. The normalized spacial score (nSPS) is 13.5. The lowest BCUT2D eigenvalue weighted by Crippen LogP contribution is -2.27. The lowest BCUT2D eigenvalue weighted by molar-refractivity contribution is 0.0879. The summed E-state index contributed by atoms with van der Waals surface area (Å²) in [6.45, 7) is 0.690. The van der Waals surface area contributed by atoms with E-state index in [1.165, 1.54) is 0 Å². The first-order valence-electron chi connectivity index (χ1n) is 9.79. The maximum absolute atomic E-state index is 13.4. The van der Waals surface area contributed by atoms with E-state index >= 15 is 0 Å². The summed E-state index contributed by atoms with van der Waals surface area (Å²) in [7, 11) is -1.69. The predicted molar refractivity (Wildman–Crippen MR) is 141 cm³/mol. The molecule has 0 saturated heterocycles. The molecule has 0 unspecified atom stereocenters. The number of halogens is 2. The molecule has 0 atom stereocenters. The minimum absolute atomic E-state index is 0.108. The number of nitrogens with zero attached hydrogens (tertiary/aromatic N) is 3. The fourth-order valence-corrected chi connectivity index (χ4v) is 5.59. The first kappa shape index (κ1) is 22.7. The molecule has 0 fully saturated rings. The molecule has 31 heavy (non-hydrogen) atoms. The van der Waals surface area contributed by atoms with Crippen LogP contribution in [0.2, 0.25) is 5.02 Å². The molecule has 166 valence electrons. The Bertz CT molecular complexity index is 1350. The molecule has 0 aliphatic heterocycles. The van der Waals surface area contributed by atoms with Crippen LogP contribution in [0.3, 0.4) is 0 Å². The third-order valence-corrected chi connectivity index (χ3v) is 8.48. The highest BCUT2D eigenvalue weighted by atomic mass is 79.9. The van der Waals surface area contributed by atoms with Crippen LogP contribution in [-0.4, -0.2) is 51.9 Å². The van der Waals surface area contributed by atoms with Gasteiger partial charge < -0.3 is 4.74 Å². The van der Waals surface area contributed by atoms with Crippen molar-refractivity contribution in [1.29, 1.82) is 0 Å². The molecule has 9 heteroatoms. The van der Waals surface area contributed by atoms with Crippen molar-refractivity contribution in [2.24, 2.45) is 0 Å². The van der Waals surface area contributed by atoms with Crippen molar-refractivity contribution in [3.63, 3.8) is 0 Å². The molecular formula is C22H25BrClN3O2S2. The average Bonchev–Trinajstić information content (AvgIpc) is 3.13. The highest BCUT2D eigenvalue weighted by Crippen LogP contribution is 2.54. The summed E-state index contributed by atoms with van der Waals surface area (Å²) in [6.07, 6.45) is 11.0. The number of pyridine rings is 1. The van der Waals surface area contributed by atoms with E-state index in [1.54, 1.807) is 28.0 Å². The van der Waals surface area contributed by atoms with Gasteiger partial charge >= 0.3 is 0 Å². The summed E-state index contributed by atoms with van der Waals surface area (Å²) in [5.41, 5.74) is 0.875. The molecule has 0 aliphatic carbocycles. The van der Waals surface area contributed by atoms with Crippen LogP contribution >= 0.6 is 48.0 Å². The van der Waals surface area contributed by atoms with Gasteiger partial charge in [-0.15, -0.1) is 11.3 Å². The molecule has 0 amide bonds. The summed E-state index contributed by atoms with van der Waals surface area (Å²) in [5.74, 6) is 1.43. The lowest BCUT2D eigenvalue weighted by Gasteiger charge is -2.46. The average molecular weight is 543 g/mol. The molecule has 0 N–H and O–H groups in total. The zero-order valence-corrected chi connectivity index (χ0v) is 21.9. The van der Waals surface area contributed by atoms with Crippen molar-refractivity contribution < 1.29 is 4.74 Å². The van der Waals surface area contributed by atoms with E-state index in [1.807, 2.05) is 23.7 Å². The second kappa shape index (κ2) is 8.15. The molecule has 0 radical (unpaired) electrons. The van der Waals surface area contributed by atoms with Gasteiger partial charge in [0.2, 0.25) is 0 Å². The molecule has 5 nitrogen and oxygen atoms in total. The van der Waals surface area contributed by atoms with Gasteiger partial charge in [-0.2, -0.15) is 0 Å². The predicted octanol–water partition coefficient (Wildman–Crippen LogP) is 5.66. The number of benzene rings is 1. The van der Waals surface area contributed by atoms with Crippen molar-refractivity contribution in [2.45, 2.75) is 6.73 Å². The summed E-state index contributed by atoms with van der Waals surface area (Å²) in [6, 6.07) is 7.47. The van der Waals surface area contributed by atoms with Crippen LogP contribution in [0.15, 0.2) is 45.1 Å². The topological polar surface area (TPSA) is 57.0 Å². The zero-order valence-electron chi connectivity index (χ0n) is 17.9. The molecule has 0 saturated carbocycles. The number of thiophene rings is 1. The third-order valence-electron chi connectivity index (χ3n) is 4.90. The summed E-state index contributed by atoms with van der Waals surface area (Å²) in [4.78, 5) is 22.8. The van der Waals surface area contributed by atoms with E-state index in [9.17, 15) is 4.79 Å². The van der Waals surface area contributed by atoms with E-state index in [-0.39, 0.29) is 12.3 Å². The number of aromatic nitrogens is 3. The van der Waals surface area contributed by atoms with Crippen LogP contribution in [0, 0.1) is 0 Å². The van der Waals surface area contributed by atoms with Crippen molar-refractivity contribution in [3.05, 3.63) is 55.7 Å². The van der Waals surface area contributed by atoms with Gasteiger partial charge in [-0.05, 0) is 65.8 Å². The van der Waals surface area contributed by atoms with Gasteiger partial charge in [0.1, 0.15) is 12.4 Å². The molecule has 0 bridgehead atoms. The smallest absolute Gasteiger partial charge is 0.263 e. The Morgan fingerprint density at radius 1 is 1.23 bits per heavy atom. The van der Waals surface area contributed by atoms with Gasteiger partial charge in [-0.1, -0.05) is 27.5 Å². The molecular weight excluding hydrogens is 518 g/mol. The van der Waals surface area contributed by atoms with Crippen molar-refractivity contribution >= 4 is 69.0 Å². The minimum Gasteiger partial charge on any atom is -0.360 e. The van der Waals surface area contributed by atoms with Crippen LogP contribution in [0.25, 0.3) is 32.5 Å². The first-order valence-corrected chi connectivity index (χ1v) is 16.1. The third kappa shape index (κ3) is 5.14. The fourth-order valence-electron chi connectivity index (χ4n) is 3.14. The number of rotatable bonds is 6. The minimum atomic E-state index is -1.69. The Hall–Kier alpha value is -1.45. The zero-order chi connectivity index (χ0) is 22.4. The molecule has 3 aromatic heterocycles. The van der Waals surface area contributed by atoms with E-state index < -0.39 is 9.16 Å². The van der Waals surface area contributed by atoms with Gasteiger partial charge in [0.25, 0.3) is 5.56 Å². The number of hydrogen-bond donors (Lipinski definition) is 1. The molecule has 0 aliphatic rings. The summed E-state index contributed by atoms with van der Waals surface area (Å²) < 4.78 is 9.34. The van der Waals surface area contributed by atoms with Crippen LogP contribution in [0.5, 0.6) is 0 Å². The first-order chi connectivity index (χ1) is 14.5. The largest absolute Gasteiger partial charge is 0.360 e. The van der Waals surface area contributed by atoms with Crippen LogP contribution in [0.1, 0.15) is 0 Å². The van der Waals surface area contributed by atoms with Gasteiger partial charge in [0.05, 0.1) is 27.2 Å². The Labute approximate surface area is 198 Å². The van der Waals surface area contributed by atoms with Gasteiger partial charge in [0.15, 0.2) is 5.82 Å². The molecule has 4 aromatic rings. The van der Waals surface area contributed by atoms with E-state index in [4.69, 9.17) is 21.3 Å². The van der Waals surface area contributed by atoms with Gasteiger partial charge in [0, 0.05) is 10.7 Å². The monoisotopic (exact) mass is 541 g/mol. The van der Waals surface area contributed by atoms with Crippen molar-refractivity contribution in [3.8, 4) is 11.5 Å². The Balaban J connectivity index is 1.82. The second-order valence-electron chi connectivity index (χ2n) is 9.69. The maximum atomic E-state index is 13.4. The highest BCUT2D eigenvalue weighted by Gasteiger charge is 2.20. The van der Waals surface area contributed by atoms with Crippen LogP contribution < -0.4 is 5.56 Å². The fraction of sp³-hybridized carbons (Fsp3) is 0.318. The van der Waals surface area contributed by atoms with Gasteiger partial charge in [-0.3, -0.25) is 23.5 Å². The molecule has 1 aromatic carbocycles. The lowest BCUT2D eigenvalue weighted by atomic mass is 10.2. The number of fused-ring (bicyclic) bond motifs is 2. The number of thiol groups is 1. The van der Waals surface area contributed by atoms with Gasteiger partial charge in [-0.25, -0.2) is 4.98 Å². The number of hydrogen-bond acceptors (Lipinski definition) is 5. The SMILES string of the molecule is C[SH](C)(C)(C)CCOCn1c(-c2cc3ccsc3cn2)nc2c(Cl)cc(Br)cc2c1=O. The van der Waals surface area contributed by atoms with Crippen LogP contribution in [-0.2, 0) is 11.5 Å². The summed E-state index contributed by atoms with van der Waals surface area (Å²) >= 11 is 11.5. The Kier molecular flexibility index (Phi) is 5.98. The standard InChI is InChI=1S/C22H25BrClN3O2S2/c1-31(2,3,4)8-6-29-13-27-21(18-9-14-5-7-30-19(14)12-25-18)26-20-16(22(27)28)10-15(23)11-17(20)24/h5,7,9-12,31H,6,8,13H2,1-4H3. The second-order valence-corrected chi connectivity index (χ2v) is 20.3. The summed E-state index contributed by atoms with van der Waals surface area (Å²) in [5, 5.41) is 3.94. The van der Waals surface area contributed by atoms with Crippen LogP contribution in [0.4, 0.5) is 0 Å². The Morgan fingerprint density at radius 2 is 2.00 bits per heavy atom. The van der Waals surface area contributed by atoms with E-state index in [0.29, 0.717) is 34.1 Å². The molecule has 3 heterocycles. The Morgan fingerprint density at radius 3 is 2.74 bits per heavy atom. The molecule has 0 spiro atoms. The van der Waals surface area contributed by atoms with Crippen molar-refractivity contribution in [2.75, 3.05) is 37.4 Å². The number of ether oxygens (including phenoxy) is 1. The maximum Gasteiger partial charge on any atom is 0.263 e. The van der Waals surface area contributed by atoms with E-state index in [2.05, 4.69) is 45.9 Å². The van der Waals surface area contributed by atoms with Crippen molar-refractivity contribution in [1.82, 2.24) is 14.5 Å². The quantitative estimate of drug-likeness (QED) is 0.252.